The van der Waals surface area contributed by atoms with Gasteiger partial charge in [-0.25, -0.2) is 0 Å². The molecule has 1 N–H and O–H groups in total. The van der Waals surface area contributed by atoms with Crippen LogP contribution in [-0.4, -0.2) is 49.5 Å². The molecule has 0 fully saturated rings. The summed E-state index contributed by atoms with van der Waals surface area (Å²) >= 11 is 1.60. The first-order chi connectivity index (χ1) is 13.4. The van der Waals surface area contributed by atoms with Crippen molar-refractivity contribution in [2.45, 2.75) is 17.7 Å². The summed E-state index contributed by atoms with van der Waals surface area (Å²) in [6.45, 7) is -0.0906. The van der Waals surface area contributed by atoms with Crippen molar-refractivity contribution in [3.05, 3.63) is 54.1 Å². The molecular weight excluding hydrogens is 376 g/mol. The quantitative estimate of drug-likeness (QED) is 0.515. The van der Waals surface area contributed by atoms with E-state index >= 15 is 0 Å². The molecule has 2 rings (SSSR count). The van der Waals surface area contributed by atoms with Gasteiger partial charge >= 0.3 is 0 Å². The number of anilines is 1. The molecule has 0 aliphatic rings. The lowest BCUT2D eigenvalue weighted by molar-refractivity contribution is -0.133. The average molecular weight is 401 g/mol. The molecule has 0 aliphatic carbocycles. The molecule has 28 heavy (non-hydrogen) atoms. The van der Waals surface area contributed by atoms with Gasteiger partial charge in [0.25, 0.3) is 0 Å². The van der Waals surface area contributed by atoms with Crippen molar-refractivity contribution >= 4 is 35.0 Å². The highest BCUT2D eigenvalue weighted by atomic mass is 32.2. The van der Waals surface area contributed by atoms with E-state index in [9.17, 15) is 14.4 Å². The molecular formula is C21H24N2O4S. The molecule has 2 amide bonds. The molecule has 0 aliphatic heterocycles. The van der Waals surface area contributed by atoms with Crippen LogP contribution in [0, 0.1) is 0 Å². The van der Waals surface area contributed by atoms with Crippen molar-refractivity contribution in [3.63, 3.8) is 0 Å². The largest absolute Gasteiger partial charge is 0.497 e. The lowest BCUT2D eigenvalue weighted by atomic mass is 10.1. The third-order valence-corrected chi connectivity index (χ3v) is 4.88. The second-order valence-electron chi connectivity index (χ2n) is 6.18. The van der Waals surface area contributed by atoms with E-state index in [1.54, 1.807) is 62.3 Å². The van der Waals surface area contributed by atoms with Crippen molar-refractivity contribution in [2.75, 3.05) is 32.3 Å². The van der Waals surface area contributed by atoms with E-state index in [1.165, 1.54) is 4.90 Å². The molecule has 0 saturated carbocycles. The molecule has 2 aromatic carbocycles. The second-order valence-corrected chi connectivity index (χ2v) is 7.06. The summed E-state index contributed by atoms with van der Waals surface area (Å²) in [5.41, 5.74) is 1.18. The Balaban J connectivity index is 1.81. The number of Topliss-reactive ketones (excluding diaryl/α,β-unsaturated/α-hetero) is 1. The minimum absolute atomic E-state index is 0.0616. The van der Waals surface area contributed by atoms with Crippen LogP contribution in [-0.2, 0) is 9.59 Å². The van der Waals surface area contributed by atoms with E-state index in [2.05, 4.69) is 5.32 Å². The molecule has 2 aromatic rings. The van der Waals surface area contributed by atoms with Gasteiger partial charge in [0, 0.05) is 42.1 Å². The Morgan fingerprint density at radius 3 is 2.43 bits per heavy atom. The SMILES string of the molecule is COc1cccc(NC(=O)CN(C)C(=O)CCC(=O)c2ccc(SC)cc2)c1. The van der Waals surface area contributed by atoms with Crippen LogP contribution in [0.25, 0.3) is 0 Å². The number of ether oxygens (including phenoxy) is 1. The topological polar surface area (TPSA) is 75.7 Å². The first-order valence-corrected chi connectivity index (χ1v) is 10.0. The van der Waals surface area contributed by atoms with Crippen LogP contribution in [0.15, 0.2) is 53.4 Å². The summed E-state index contributed by atoms with van der Waals surface area (Å²) < 4.78 is 5.11. The van der Waals surface area contributed by atoms with Crippen LogP contribution >= 0.6 is 11.8 Å². The zero-order valence-electron chi connectivity index (χ0n) is 16.2. The number of carbonyl (C=O) groups is 3. The maximum Gasteiger partial charge on any atom is 0.243 e. The van der Waals surface area contributed by atoms with Gasteiger partial charge in [0.15, 0.2) is 5.78 Å². The van der Waals surface area contributed by atoms with E-state index < -0.39 is 0 Å². The minimum Gasteiger partial charge on any atom is -0.497 e. The molecule has 6 nitrogen and oxygen atoms in total. The molecule has 0 heterocycles. The van der Waals surface area contributed by atoms with Gasteiger partial charge in [-0.05, 0) is 30.5 Å². The summed E-state index contributed by atoms with van der Waals surface area (Å²) in [6.07, 6.45) is 2.14. The number of methoxy groups -OCH3 is 1. The van der Waals surface area contributed by atoms with Gasteiger partial charge in [-0.15, -0.1) is 11.8 Å². The minimum atomic E-state index is -0.317. The first-order valence-electron chi connectivity index (χ1n) is 8.78. The zero-order chi connectivity index (χ0) is 20.5. The molecule has 0 atom stereocenters. The normalized spacial score (nSPS) is 10.2. The second kappa shape index (κ2) is 10.5. The van der Waals surface area contributed by atoms with Gasteiger partial charge in [0.1, 0.15) is 5.75 Å². The number of ketones is 1. The van der Waals surface area contributed by atoms with Crippen LogP contribution in [0.1, 0.15) is 23.2 Å². The van der Waals surface area contributed by atoms with E-state index in [1.807, 2.05) is 18.4 Å². The smallest absolute Gasteiger partial charge is 0.243 e. The Bertz CT molecular complexity index is 837. The third-order valence-electron chi connectivity index (χ3n) is 4.14. The summed E-state index contributed by atoms with van der Waals surface area (Å²) in [5, 5.41) is 2.72. The molecule has 0 spiro atoms. The van der Waals surface area contributed by atoms with Crippen LogP contribution < -0.4 is 10.1 Å². The van der Waals surface area contributed by atoms with E-state index in [0.717, 1.165) is 4.90 Å². The van der Waals surface area contributed by atoms with Gasteiger partial charge in [-0.3, -0.25) is 14.4 Å². The molecule has 0 radical (unpaired) electrons. The monoisotopic (exact) mass is 400 g/mol. The molecule has 148 valence electrons. The van der Waals surface area contributed by atoms with Crippen molar-refractivity contribution in [1.29, 1.82) is 0 Å². The number of rotatable bonds is 9. The molecule has 0 aromatic heterocycles. The number of carbonyl (C=O) groups excluding carboxylic acids is 3. The van der Waals surface area contributed by atoms with Crippen molar-refractivity contribution < 1.29 is 19.1 Å². The van der Waals surface area contributed by atoms with Crippen LogP contribution in [0.3, 0.4) is 0 Å². The van der Waals surface area contributed by atoms with Crippen molar-refractivity contribution in [3.8, 4) is 5.75 Å². The van der Waals surface area contributed by atoms with Crippen LogP contribution in [0.4, 0.5) is 5.69 Å². The Hall–Kier alpha value is -2.80. The van der Waals surface area contributed by atoms with Gasteiger partial charge in [-0.1, -0.05) is 18.2 Å². The zero-order valence-corrected chi connectivity index (χ0v) is 17.0. The van der Waals surface area contributed by atoms with E-state index in [-0.39, 0.29) is 37.0 Å². The number of amides is 2. The van der Waals surface area contributed by atoms with E-state index in [0.29, 0.717) is 17.0 Å². The Kier molecular flexibility index (Phi) is 8.07. The lowest BCUT2D eigenvalue weighted by Crippen LogP contribution is -2.35. The van der Waals surface area contributed by atoms with Gasteiger partial charge < -0.3 is 15.0 Å². The lowest BCUT2D eigenvalue weighted by Gasteiger charge is -2.17. The molecule has 7 heteroatoms. The maximum absolute atomic E-state index is 12.2. The number of hydrogen-bond acceptors (Lipinski definition) is 5. The predicted octanol–water partition coefficient (Wildman–Crippen LogP) is 3.48. The predicted molar refractivity (Wildman–Crippen MR) is 111 cm³/mol. The third kappa shape index (κ3) is 6.42. The average Bonchev–Trinajstić information content (AvgIpc) is 2.71. The summed E-state index contributed by atoms with van der Waals surface area (Å²) in [5.74, 6) is -0.0282. The number of nitrogens with zero attached hydrogens (tertiary/aromatic N) is 1. The molecule has 0 saturated heterocycles. The summed E-state index contributed by atoms with van der Waals surface area (Å²) in [6, 6.07) is 14.3. The first kappa shape index (κ1) is 21.5. The number of likely N-dealkylation sites (N-methyl/N-ethyl adjacent to an activating group) is 1. The fraction of sp³-hybridized carbons (Fsp3) is 0.286. The van der Waals surface area contributed by atoms with Crippen LogP contribution in [0.5, 0.6) is 5.75 Å². The Morgan fingerprint density at radius 1 is 1.07 bits per heavy atom. The van der Waals surface area contributed by atoms with Gasteiger partial charge in [-0.2, -0.15) is 0 Å². The maximum atomic E-state index is 12.2. The highest BCUT2D eigenvalue weighted by Gasteiger charge is 2.15. The number of nitrogens with one attached hydrogen (secondary N) is 1. The Labute approximate surface area is 169 Å². The van der Waals surface area contributed by atoms with E-state index in [4.69, 9.17) is 4.74 Å². The summed E-state index contributed by atoms with van der Waals surface area (Å²) in [7, 11) is 3.09. The number of hydrogen-bond donors (Lipinski definition) is 1. The van der Waals surface area contributed by atoms with Gasteiger partial charge in [0.2, 0.25) is 11.8 Å². The number of benzene rings is 2. The fourth-order valence-electron chi connectivity index (χ4n) is 2.54. The Morgan fingerprint density at radius 2 is 1.79 bits per heavy atom. The van der Waals surface area contributed by atoms with Crippen molar-refractivity contribution in [2.24, 2.45) is 0 Å². The number of thioether (sulfide) groups is 1. The standard InChI is InChI=1S/C21H24N2O4S/c1-23(14-20(25)22-16-5-4-6-17(13-16)27-2)21(26)12-11-19(24)15-7-9-18(28-3)10-8-15/h4-10,13H,11-12,14H2,1-3H3,(H,22,25). The highest BCUT2D eigenvalue weighted by molar-refractivity contribution is 7.98. The van der Waals surface area contributed by atoms with Crippen molar-refractivity contribution in [1.82, 2.24) is 4.90 Å². The highest BCUT2D eigenvalue weighted by Crippen LogP contribution is 2.17. The van der Waals surface area contributed by atoms with Gasteiger partial charge in [0.05, 0.1) is 13.7 Å². The summed E-state index contributed by atoms with van der Waals surface area (Å²) in [4.78, 5) is 39.0. The fourth-order valence-corrected chi connectivity index (χ4v) is 2.95. The molecule has 0 unspecified atom stereocenters. The van der Waals surface area contributed by atoms with Crippen LogP contribution in [0.2, 0.25) is 0 Å². The molecule has 0 bridgehead atoms.